The molecule has 6 nitrogen and oxygen atoms in total. The van der Waals surface area contributed by atoms with Crippen LogP contribution in [0.15, 0.2) is 47.7 Å². The van der Waals surface area contributed by atoms with Crippen molar-refractivity contribution in [3.63, 3.8) is 0 Å². The van der Waals surface area contributed by atoms with E-state index < -0.39 is 0 Å². The Balaban J connectivity index is 1.36. The molecule has 2 fully saturated rings. The third-order valence-electron chi connectivity index (χ3n) is 5.99. The first-order valence-electron chi connectivity index (χ1n) is 10.4. The zero-order chi connectivity index (χ0) is 19.3. The Morgan fingerprint density at radius 2 is 2.11 bits per heavy atom. The van der Waals surface area contributed by atoms with Crippen molar-refractivity contribution in [3.05, 3.63) is 53.9 Å². The van der Waals surface area contributed by atoms with Crippen LogP contribution in [0.3, 0.4) is 0 Å². The third-order valence-corrected chi connectivity index (χ3v) is 5.99. The molecule has 1 aromatic heterocycles. The lowest BCUT2D eigenvalue weighted by molar-refractivity contribution is -0.0266. The van der Waals surface area contributed by atoms with Gasteiger partial charge in [0.25, 0.3) is 0 Å². The lowest BCUT2D eigenvalue weighted by atomic mass is 9.89. The normalized spacial score (nSPS) is 25.9. The van der Waals surface area contributed by atoms with Crippen molar-refractivity contribution in [1.82, 2.24) is 20.0 Å². The number of nitrogens with zero attached hydrogens (tertiary/aromatic N) is 4. The summed E-state index contributed by atoms with van der Waals surface area (Å²) in [5.74, 6) is 2.00. The number of aryl methyl sites for hydroxylation is 1. The van der Waals surface area contributed by atoms with Gasteiger partial charge in [-0.25, -0.2) is 0 Å². The maximum absolute atomic E-state index is 6.14. The van der Waals surface area contributed by atoms with Crippen LogP contribution in [0.25, 0.3) is 0 Å². The first-order valence-corrected chi connectivity index (χ1v) is 10.4. The molecule has 0 saturated carbocycles. The second-order valence-corrected chi connectivity index (χ2v) is 7.91. The summed E-state index contributed by atoms with van der Waals surface area (Å²) in [5, 5.41) is 7.96. The maximum Gasteiger partial charge on any atom is 0.193 e. The van der Waals surface area contributed by atoms with E-state index in [1.807, 2.05) is 25.0 Å². The first kappa shape index (κ1) is 19.0. The van der Waals surface area contributed by atoms with E-state index in [1.165, 1.54) is 17.5 Å². The van der Waals surface area contributed by atoms with Crippen molar-refractivity contribution >= 4 is 5.96 Å². The van der Waals surface area contributed by atoms with Crippen molar-refractivity contribution < 1.29 is 4.74 Å². The van der Waals surface area contributed by atoms with Crippen LogP contribution in [-0.2, 0) is 11.8 Å². The molecule has 28 heavy (non-hydrogen) atoms. The van der Waals surface area contributed by atoms with Gasteiger partial charge >= 0.3 is 0 Å². The van der Waals surface area contributed by atoms with Crippen molar-refractivity contribution in [2.45, 2.75) is 31.3 Å². The van der Waals surface area contributed by atoms with Gasteiger partial charge in [-0.1, -0.05) is 30.3 Å². The maximum atomic E-state index is 6.14. The highest BCUT2D eigenvalue weighted by Crippen LogP contribution is 2.33. The lowest BCUT2D eigenvalue weighted by Crippen LogP contribution is -2.43. The van der Waals surface area contributed by atoms with Crippen molar-refractivity contribution in [1.29, 1.82) is 0 Å². The SMILES string of the molecule is CN=C(NCC1CCCOC1c1ccccc1)N1CCC(c2cnn(C)c2)C1. The van der Waals surface area contributed by atoms with Crippen molar-refractivity contribution in [2.75, 3.05) is 33.3 Å². The number of ether oxygens (including phenoxy) is 1. The summed E-state index contributed by atoms with van der Waals surface area (Å²) >= 11 is 0. The van der Waals surface area contributed by atoms with Gasteiger partial charge in [-0.3, -0.25) is 9.67 Å². The second kappa shape index (κ2) is 8.78. The van der Waals surface area contributed by atoms with Gasteiger partial charge in [0, 0.05) is 58.4 Å². The molecule has 2 aliphatic rings. The molecule has 2 aromatic rings. The molecule has 2 saturated heterocycles. The fraction of sp³-hybridized carbons (Fsp3) is 0.545. The Kier molecular flexibility index (Phi) is 5.95. The predicted molar refractivity (Wildman–Crippen MR) is 111 cm³/mol. The number of nitrogens with one attached hydrogen (secondary N) is 1. The molecule has 3 unspecified atom stereocenters. The number of likely N-dealkylation sites (tertiary alicyclic amines) is 1. The summed E-state index contributed by atoms with van der Waals surface area (Å²) < 4.78 is 8.03. The molecular weight excluding hydrogens is 350 g/mol. The van der Waals surface area contributed by atoms with E-state index in [0.717, 1.165) is 45.0 Å². The molecule has 150 valence electrons. The molecule has 0 radical (unpaired) electrons. The standard InChI is InChI=1S/C22H31N5O/c1-23-22(27-11-10-19(16-27)20-14-25-26(2)15-20)24-13-18-9-6-12-28-21(18)17-7-4-3-5-8-17/h3-5,7-8,14-15,18-19,21H,6,9-13,16H2,1-2H3,(H,23,24). The molecule has 0 spiro atoms. The molecular formula is C22H31N5O. The Morgan fingerprint density at radius 3 is 2.86 bits per heavy atom. The minimum atomic E-state index is 0.169. The van der Waals surface area contributed by atoms with Gasteiger partial charge in [-0.2, -0.15) is 5.10 Å². The van der Waals surface area contributed by atoms with Crippen LogP contribution >= 0.6 is 0 Å². The summed E-state index contributed by atoms with van der Waals surface area (Å²) in [6.45, 7) is 3.77. The van der Waals surface area contributed by atoms with Gasteiger partial charge in [0.15, 0.2) is 5.96 Å². The average molecular weight is 382 g/mol. The molecule has 3 atom stereocenters. The number of aliphatic imine (C=N–C) groups is 1. The molecule has 3 heterocycles. The van der Waals surface area contributed by atoms with Crippen LogP contribution in [0.5, 0.6) is 0 Å². The van der Waals surface area contributed by atoms with E-state index >= 15 is 0 Å². The highest BCUT2D eigenvalue weighted by molar-refractivity contribution is 5.80. The topological polar surface area (TPSA) is 54.7 Å². The van der Waals surface area contributed by atoms with Crippen LogP contribution in [-0.4, -0.2) is 53.9 Å². The quantitative estimate of drug-likeness (QED) is 0.654. The number of benzene rings is 1. The molecule has 4 rings (SSSR count). The molecule has 0 aliphatic carbocycles. The second-order valence-electron chi connectivity index (χ2n) is 7.91. The highest BCUT2D eigenvalue weighted by atomic mass is 16.5. The van der Waals surface area contributed by atoms with Crippen molar-refractivity contribution in [2.24, 2.45) is 18.0 Å². The number of rotatable bonds is 4. The van der Waals surface area contributed by atoms with Gasteiger partial charge in [-0.15, -0.1) is 0 Å². The minimum Gasteiger partial charge on any atom is -0.373 e. The van der Waals surface area contributed by atoms with Crippen LogP contribution in [0, 0.1) is 5.92 Å². The molecule has 0 amide bonds. The van der Waals surface area contributed by atoms with E-state index in [9.17, 15) is 0 Å². The minimum absolute atomic E-state index is 0.169. The molecule has 1 aromatic carbocycles. The number of hydrogen-bond donors (Lipinski definition) is 1. The molecule has 6 heteroatoms. The fourth-order valence-corrected chi connectivity index (χ4v) is 4.49. The third kappa shape index (κ3) is 4.22. The number of hydrogen-bond acceptors (Lipinski definition) is 3. The Labute approximate surface area is 167 Å². The largest absolute Gasteiger partial charge is 0.373 e. The van der Waals surface area contributed by atoms with Crippen molar-refractivity contribution in [3.8, 4) is 0 Å². The van der Waals surface area contributed by atoms with Crippen LogP contribution in [0.4, 0.5) is 0 Å². The van der Waals surface area contributed by atoms with Gasteiger partial charge in [0.05, 0.1) is 12.3 Å². The average Bonchev–Trinajstić information content (AvgIpc) is 3.39. The first-order chi connectivity index (χ1) is 13.7. The molecule has 0 bridgehead atoms. The zero-order valence-corrected chi connectivity index (χ0v) is 16.9. The summed E-state index contributed by atoms with van der Waals surface area (Å²) in [6.07, 6.45) is 7.75. The summed E-state index contributed by atoms with van der Waals surface area (Å²) in [7, 11) is 3.86. The smallest absolute Gasteiger partial charge is 0.193 e. The molecule has 2 aliphatic heterocycles. The Hall–Kier alpha value is -2.34. The fourth-order valence-electron chi connectivity index (χ4n) is 4.49. The van der Waals surface area contributed by atoms with Crippen LogP contribution < -0.4 is 5.32 Å². The zero-order valence-electron chi connectivity index (χ0n) is 16.9. The number of guanidine groups is 1. The summed E-state index contributed by atoms with van der Waals surface area (Å²) in [6, 6.07) is 10.6. The molecule has 1 N–H and O–H groups in total. The van der Waals surface area contributed by atoms with E-state index in [1.54, 1.807) is 0 Å². The van der Waals surface area contributed by atoms with Gasteiger partial charge in [0.1, 0.15) is 0 Å². The summed E-state index contributed by atoms with van der Waals surface area (Å²) in [4.78, 5) is 6.93. The predicted octanol–water partition coefficient (Wildman–Crippen LogP) is 2.95. The van der Waals surface area contributed by atoms with E-state index in [2.05, 4.69) is 56.8 Å². The highest BCUT2D eigenvalue weighted by Gasteiger charge is 2.30. The van der Waals surface area contributed by atoms with Crippen LogP contribution in [0.2, 0.25) is 0 Å². The Morgan fingerprint density at radius 1 is 1.25 bits per heavy atom. The van der Waals surface area contributed by atoms with Gasteiger partial charge < -0.3 is 15.0 Å². The van der Waals surface area contributed by atoms with Crippen LogP contribution in [0.1, 0.15) is 42.4 Å². The monoisotopic (exact) mass is 381 g/mol. The Bertz CT molecular complexity index is 787. The summed E-state index contributed by atoms with van der Waals surface area (Å²) in [5.41, 5.74) is 2.60. The van der Waals surface area contributed by atoms with Gasteiger partial charge in [0.2, 0.25) is 0 Å². The van der Waals surface area contributed by atoms with E-state index in [0.29, 0.717) is 11.8 Å². The van der Waals surface area contributed by atoms with Gasteiger partial charge in [-0.05, 0) is 30.4 Å². The van der Waals surface area contributed by atoms with E-state index in [4.69, 9.17) is 4.74 Å². The van der Waals surface area contributed by atoms with E-state index in [-0.39, 0.29) is 6.10 Å². The number of aromatic nitrogens is 2. The lowest BCUT2D eigenvalue weighted by Gasteiger charge is -2.33.